The van der Waals surface area contributed by atoms with E-state index < -0.39 is 132 Å². The Morgan fingerprint density at radius 1 is 0.899 bits per heavy atom. The number of hydrazine groups is 2. The van der Waals surface area contributed by atoms with E-state index in [0.29, 0.717) is 24.3 Å². The lowest BCUT2D eigenvalue weighted by atomic mass is 9.78. The van der Waals surface area contributed by atoms with Crippen LogP contribution in [-0.4, -0.2) is 195 Å². The third kappa shape index (κ3) is 11.2. The van der Waals surface area contributed by atoms with Gasteiger partial charge in [0.25, 0.3) is 35.4 Å². The van der Waals surface area contributed by atoms with E-state index in [-0.39, 0.29) is 73.7 Å². The molecule has 0 aromatic heterocycles. The maximum Gasteiger partial charge on any atom is 0.332 e. The summed E-state index contributed by atoms with van der Waals surface area (Å²) >= 11 is 0. The molecule has 69 heavy (non-hydrogen) atoms. The molecule has 5 rings (SSSR count). The number of amides is 7. The second-order valence-corrected chi connectivity index (χ2v) is 20.6. The van der Waals surface area contributed by atoms with Crippen LogP contribution in [0.2, 0.25) is 0 Å². The molecule has 5 aliphatic heterocycles. The molecule has 0 aromatic carbocycles. The zero-order valence-corrected chi connectivity index (χ0v) is 41.3. The van der Waals surface area contributed by atoms with E-state index in [1.54, 1.807) is 0 Å². The summed E-state index contributed by atoms with van der Waals surface area (Å²) in [5.41, 5.74) is 3.79. The second-order valence-electron chi connectivity index (χ2n) is 20.6. The Hall–Kier alpha value is -4.56. The van der Waals surface area contributed by atoms with E-state index >= 15 is 4.79 Å². The highest BCUT2D eigenvalue weighted by Gasteiger charge is 2.59. The van der Waals surface area contributed by atoms with Crippen molar-refractivity contribution in [3.05, 3.63) is 0 Å². The van der Waals surface area contributed by atoms with E-state index in [4.69, 9.17) is 15.2 Å². The van der Waals surface area contributed by atoms with Crippen LogP contribution in [0.4, 0.5) is 0 Å². The van der Waals surface area contributed by atoms with Gasteiger partial charge in [-0.1, -0.05) is 48.5 Å². The molecule has 7 amide bonds. The average molecular weight is 982 g/mol. The largest absolute Gasteiger partial charge is 0.458 e. The molecule has 11 unspecified atom stereocenters. The first-order chi connectivity index (χ1) is 32.1. The van der Waals surface area contributed by atoms with Crippen LogP contribution < -0.4 is 16.5 Å². The lowest BCUT2D eigenvalue weighted by Gasteiger charge is -2.49. The molecule has 24 heteroatoms. The first kappa shape index (κ1) is 55.4. The normalized spacial score (nSPS) is 33.7. The first-order valence-corrected chi connectivity index (χ1v) is 24.2. The summed E-state index contributed by atoms with van der Waals surface area (Å²) in [6, 6.07) is -9.00. The van der Waals surface area contributed by atoms with Gasteiger partial charge in [0.1, 0.15) is 36.8 Å². The minimum absolute atomic E-state index is 0.0184. The maximum absolute atomic E-state index is 15.5. The van der Waals surface area contributed by atoms with Gasteiger partial charge < -0.3 is 40.7 Å². The van der Waals surface area contributed by atoms with E-state index in [2.05, 4.69) is 10.7 Å². The van der Waals surface area contributed by atoms with Gasteiger partial charge in [0.05, 0.1) is 18.2 Å². The van der Waals surface area contributed by atoms with E-state index in [1.807, 2.05) is 20.8 Å². The summed E-state index contributed by atoms with van der Waals surface area (Å²) in [6.45, 7) is 12.0. The summed E-state index contributed by atoms with van der Waals surface area (Å²) in [5.74, 6) is -13.6. The average Bonchev–Trinajstić information content (AvgIpc) is 3.62. The van der Waals surface area contributed by atoms with E-state index in [0.717, 1.165) is 28.3 Å². The molecule has 0 radical (unpaired) electrons. The Labute approximate surface area is 402 Å². The van der Waals surface area contributed by atoms with Crippen molar-refractivity contribution in [3.63, 3.8) is 0 Å². The van der Waals surface area contributed by atoms with Crippen molar-refractivity contribution in [2.24, 2.45) is 29.4 Å². The molecule has 9 N–H and O–H groups in total. The SMILES string of the molecule is CCC1OC(O)(C(C)(O)C(=O)NC2C(=O)N3C(CCCN3C(=O)CN)C(=O)N(O)CC(=O)N3NCCCC3C(=O)N3CCC(C)(O)C3C(=O)N(O)C(C(C)C)C(=O)OC2C(C)C)CCC1CC(C)C. The van der Waals surface area contributed by atoms with Gasteiger partial charge in [-0.3, -0.25) is 49.0 Å². The summed E-state index contributed by atoms with van der Waals surface area (Å²) in [4.78, 5) is 117. The molecule has 24 nitrogen and oxygen atoms in total. The second kappa shape index (κ2) is 21.8. The highest BCUT2D eigenvalue weighted by molar-refractivity contribution is 5.98. The molecular weight excluding hydrogens is 907 g/mol. The number of ether oxygens (including phenoxy) is 2. The Morgan fingerprint density at radius 3 is 2.14 bits per heavy atom. The number of rotatable bonds is 9. The number of cyclic esters (lactones) is 1. The number of nitrogens with two attached hydrogens (primary N) is 1. The van der Waals surface area contributed by atoms with Crippen LogP contribution in [0.3, 0.4) is 0 Å². The van der Waals surface area contributed by atoms with Gasteiger partial charge in [-0.05, 0) is 88.9 Å². The summed E-state index contributed by atoms with van der Waals surface area (Å²) in [5, 5.41) is 63.7. The molecule has 5 aliphatic rings. The Morgan fingerprint density at radius 2 is 1.55 bits per heavy atom. The van der Waals surface area contributed by atoms with Crippen LogP contribution in [0.1, 0.15) is 120 Å². The van der Waals surface area contributed by atoms with Crippen LogP contribution in [0, 0.1) is 23.7 Å². The predicted octanol–water partition coefficient (Wildman–Crippen LogP) is -1.26. The molecule has 0 saturated carbocycles. The molecular formula is C45H75N9O15. The monoisotopic (exact) mass is 982 g/mol. The topological polar surface area (TPSA) is 326 Å². The van der Waals surface area contributed by atoms with Crippen molar-refractivity contribution in [2.45, 2.75) is 180 Å². The molecule has 0 aliphatic carbocycles. The summed E-state index contributed by atoms with van der Waals surface area (Å²) < 4.78 is 12.2. The fraction of sp³-hybridized carbons (Fsp3) is 0.822. The molecule has 0 spiro atoms. The van der Waals surface area contributed by atoms with Crippen LogP contribution in [0.5, 0.6) is 0 Å². The van der Waals surface area contributed by atoms with Crippen molar-refractivity contribution in [1.82, 2.24) is 40.8 Å². The minimum atomic E-state index is -2.83. The van der Waals surface area contributed by atoms with Gasteiger partial charge in [0.2, 0.25) is 11.7 Å². The molecule has 0 aromatic rings. The summed E-state index contributed by atoms with van der Waals surface area (Å²) in [6.07, 6.45) is -1.06. The molecule has 0 bridgehead atoms. The van der Waals surface area contributed by atoms with Crippen LogP contribution in [0.15, 0.2) is 0 Å². The Balaban J connectivity index is 1.68. The number of esters is 1. The number of hydrogen-bond donors (Lipinski definition) is 8. The molecule has 5 fully saturated rings. The van der Waals surface area contributed by atoms with Gasteiger partial charge >= 0.3 is 5.97 Å². The standard InChI is InChI=1S/C45H75N9O15/c1-10-30-27(21-24(2)3)15-16-45(65,69-30)44(9,64)42(62)48-33-35(26(6)7)68-41(61)34(25(4)5)54(67)40(60)36-43(8,63)17-20-49(36)37(57)28-13-11-18-47-52(28)32(56)23-51(66)38(58)29-14-12-19-50(31(55)22-46)53(29)39(33)59/h24-30,33-36,47,63-67H,10-23,46H2,1-9H3,(H,48,62). The highest BCUT2D eigenvalue weighted by atomic mass is 16.6. The first-order valence-electron chi connectivity index (χ1n) is 24.2. The zero-order chi connectivity index (χ0) is 51.7. The van der Waals surface area contributed by atoms with Crippen molar-refractivity contribution < 1.29 is 73.6 Å². The quantitative estimate of drug-likeness (QED) is 0.0988. The van der Waals surface area contributed by atoms with E-state index in [1.165, 1.54) is 34.6 Å². The van der Waals surface area contributed by atoms with E-state index in [9.17, 15) is 59.3 Å². The maximum atomic E-state index is 15.5. The summed E-state index contributed by atoms with van der Waals surface area (Å²) in [7, 11) is 0. The van der Waals surface area contributed by atoms with Gasteiger partial charge in [-0.15, -0.1) is 0 Å². The van der Waals surface area contributed by atoms with Gasteiger partial charge in [0, 0.05) is 26.1 Å². The van der Waals surface area contributed by atoms with Gasteiger partial charge in [-0.2, -0.15) is 0 Å². The van der Waals surface area contributed by atoms with Gasteiger partial charge in [0.15, 0.2) is 11.6 Å². The number of nitrogens with zero attached hydrogens (tertiary/aromatic N) is 6. The number of nitrogens with one attached hydrogen (secondary N) is 2. The number of carbonyl (C=O) groups excluding carboxylic acids is 8. The third-order valence-corrected chi connectivity index (χ3v) is 14.3. The fourth-order valence-electron chi connectivity index (χ4n) is 10.4. The Kier molecular flexibility index (Phi) is 17.5. The molecule has 5 heterocycles. The highest BCUT2D eigenvalue weighted by Crippen LogP contribution is 2.42. The minimum Gasteiger partial charge on any atom is -0.458 e. The predicted molar refractivity (Wildman–Crippen MR) is 240 cm³/mol. The molecule has 390 valence electrons. The fourth-order valence-corrected chi connectivity index (χ4v) is 10.4. The van der Waals surface area contributed by atoms with Crippen molar-refractivity contribution in [1.29, 1.82) is 0 Å². The van der Waals surface area contributed by atoms with Crippen molar-refractivity contribution in [3.8, 4) is 0 Å². The van der Waals surface area contributed by atoms with Crippen LogP contribution >= 0.6 is 0 Å². The molecule has 5 saturated heterocycles. The van der Waals surface area contributed by atoms with Crippen molar-refractivity contribution >= 4 is 47.3 Å². The lowest BCUT2D eigenvalue weighted by Crippen LogP contribution is -2.71. The number of carbonyl (C=O) groups is 8. The lowest BCUT2D eigenvalue weighted by molar-refractivity contribution is -0.329. The van der Waals surface area contributed by atoms with Crippen LogP contribution in [0.25, 0.3) is 0 Å². The zero-order valence-electron chi connectivity index (χ0n) is 41.3. The molecule has 11 atom stereocenters. The third-order valence-electron chi connectivity index (χ3n) is 14.3. The number of fused-ring (bicyclic) bond motifs is 3. The number of aliphatic hydroxyl groups is 3. The number of hydroxylamine groups is 4. The van der Waals surface area contributed by atoms with Crippen LogP contribution in [-0.2, 0) is 47.8 Å². The number of hydrogen-bond acceptors (Lipinski definition) is 17. The smallest absolute Gasteiger partial charge is 0.332 e. The van der Waals surface area contributed by atoms with Gasteiger partial charge in [-0.25, -0.2) is 30.4 Å². The Bertz CT molecular complexity index is 1950. The van der Waals surface area contributed by atoms with Crippen molar-refractivity contribution in [2.75, 3.05) is 32.7 Å².